The van der Waals surface area contributed by atoms with Gasteiger partial charge in [0.25, 0.3) is 0 Å². The maximum atomic E-state index is 13.0. The van der Waals surface area contributed by atoms with Gasteiger partial charge in [-0.2, -0.15) is 13.2 Å². The number of carbonyl (C=O) groups is 1. The first-order valence-electron chi connectivity index (χ1n) is 8.99. The molecule has 1 atom stereocenters. The summed E-state index contributed by atoms with van der Waals surface area (Å²) in [6, 6.07) is 4.10. The molecular formula is C19H25F3N2O2. The van der Waals surface area contributed by atoms with E-state index in [2.05, 4.69) is 4.90 Å². The number of nitrogens with zero attached hydrogens (tertiary/aromatic N) is 2. The fraction of sp³-hybridized carbons (Fsp3) is 0.632. The quantitative estimate of drug-likeness (QED) is 0.731. The highest BCUT2D eigenvalue weighted by Crippen LogP contribution is 2.37. The highest BCUT2D eigenvalue weighted by Gasteiger charge is 2.36. The van der Waals surface area contributed by atoms with Crippen molar-refractivity contribution in [3.05, 3.63) is 29.3 Å². The van der Waals surface area contributed by atoms with Gasteiger partial charge in [-0.3, -0.25) is 0 Å². The van der Waals surface area contributed by atoms with Crippen LogP contribution in [-0.2, 0) is 17.3 Å². The van der Waals surface area contributed by atoms with Crippen LogP contribution in [-0.4, -0.2) is 42.3 Å². The molecule has 0 bridgehead atoms. The molecular weight excluding hydrogens is 345 g/mol. The second-order valence-electron chi connectivity index (χ2n) is 8.01. The minimum Gasteiger partial charge on any atom is -0.444 e. The van der Waals surface area contributed by atoms with Crippen molar-refractivity contribution in [3.8, 4) is 0 Å². The fourth-order valence-corrected chi connectivity index (χ4v) is 3.67. The molecule has 1 fully saturated rings. The van der Waals surface area contributed by atoms with Gasteiger partial charge in [0.15, 0.2) is 0 Å². The lowest BCUT2D eigenvalue weighted by molar-refractivity contribution is -0.137. The third-order valence-electron chi connectivity index (χ3n) is 4.82. The van der Waals surface area contributed by atoms with Crippen LogP contribution >= 0.6 is 0 Å². The monoisotopic (exact) mass is 370 g/mol. The van der Waals surface area contributed by atoms with Crippen molar-refractivity contribution in [1.29, 1.82) is 0 Å². The normalized spacial score (nSPS) is 20.9. The van der Waals surface area contributed by atoms with Gasteiger partial charge in [0.05, 0.1) is 5.56 Å². The molecule has 2 heterocycles. The molecule has 0 aromatic heterocycles. The molecule has 0 aliphatic carbocycles. The van der Waals surface area contributed by atoms with Gasteiger partial charge in [-0.25, -0.2) is 4.79 Å². The van der Waals surface area contributed by atoms with Gasteiger partial charge in [0.1, 0.15) is 5.60 Å². The van der Waals surface area contributed by atoms with Crippen LogP contribution in [0.5, 0.6) is 0 Å². The summed E-state index contributed by atoms with van der Waals surface area (Å²) in [4.78, 5) is 16.1. The molecule has 3 rings (SSSR count). The highest BCUT2D eigenvalue weighted by atomic mass is 19.4. The molecule has 2 aliphatic heterocycles. The molecule has 4 nitrogen and oxygen atoms in total. The van der Waals surface area contributed by atoms with Crippen LogP contribution in [0.3, 0.4) is 0 Å². The average Bonchev–Trinajstić information content (AvgIpc) is 3.01. The Morgan fingerprint density at radius 2 is 1.92 bits per heavy atom. The molecule has 0 N–H and O–H groups in total. The molecule has 2 aliphatic rings. The zero-order valence-corrected chi connectivity index (χ0v) is 15.4. The van der Waals surface area contributed by atoms with E-state index in [1.54, 1.807) is 11.0 Å². The second kappa shape index (κ2) is 6.67. The van der Waals surface area contributed by atoms with E-state index in [-0.39, 0.29) is 12.1 Å². The molecule has 1 amide bonds. The molecule has 0 radical (unpaired) electrons. The van der Waals surface area contributed by atoms with Crippen molar-refractivity contribution in [3.63, 3.8) is 0 Å². The first-order valence-corrected chi connectivity index (χ1v) is 8.99. The van der Waals surface area contributed by atoms with Crippen LogP contribution in [0.25, 0.3) is 0 Å². The SMILES string of the molecule is CC(C)(C)OC(=O)N1CCC(N2CCCc3cc(C(F)(F)F)ccc32)C1. The van der Waals surface area contributed by atoms with E-state index in [4.69, 9.17) is 4.74 Å². The van der Waals surface area contributed by atoms with Crippen molar-refractivity contribution >= 4 is 11.8 Å². The standard InChI is InChI=1S/C19H25F3N2O2/c1-18(2,3)26-17(25)23-10-8-15(12-23)24-9-4-5-13-11-14(19(20,21)22)6-7-16(13)24/h6-7,11,15H,4-5,8-10,12H2,1-3H3. The zero-order chi connectivity index (χ0) is 19.1. The number of hydrogen-bond donors (Lipinski definition) is 0. The summed E-state index contributed by atoms with van der Waals surface area (Å²) in [6.45, 7) is 7.43. The van der Waals surface area contributed by atoms with Crippen LogP contribution in [0.1, 0.15) is 44.7 Å². The largest absolute Gasteiger partial charge is 0.444 e. The Labute approximate surface area is 151 Å². The summed E-state index contributed by atoms with van der Waals surface area (Å²) >= 11 is 0. The molecule has 1 aromatic rings. The molecule has 7 heteroatoms. The van der Waals surface area contributed by atoms with E-state index in [9.17, 15) is 18.0 Å². The van der Waals surface area contributed by atoms with Gasteiger partial charge in [-0.15, -0.1) is 0 Å². The second-order valence-corrected chi connectivity index (χ2v) is 8.01. The zero-order valence-electron chi connectivity index (χ0n) is 15.4. The van der Waals surface area contributed by atoms with Crippen LogP contribution in [0.15, 0.2) is 18.2 Å². The summed E-state index contributed by atoms with van der Waals surface area (Å²) in [6.07, 6.45) is -2.39. The third kappa shape index (κ3) is 4.07. The number of ether oxygens (including phenoxy) is 1. The molecule has 0 saturated carbocycles. The van der Waals surface area contributed by atoms with E-state index in [0.29, 0.717) is 19.5 Å². The van der Waals surface area contributed by atoms with Crippen LogP contribution in [0.2, 0.25) is 0 Å². The number of likely N-dealkylation sites (tertiary alicyclic amines) is 1. The number of halogens is 3. The van der Waals surface area contributed by atoms with Crippen molar-refractivity contribution < 1.29 is 22.7 Å². The van der Waals surface area contributed by atoms with Gasteiger partial charge in [0, 0.05) is 31.4 Å². The fourth-order valence-electron chi connectivity index (χ4n) is 3.67. The van der Waals surface area contributed by atoms with Gasteiger partial charge in [0.2, 0.25) is 0 Å². The van der Waals surface area contributed by atoms with Crippen LogP contribution in [0, 0.1) is 0 Å². The Hall–Kier alpha value is -1.92. The molecule has 26 heavy (non-hydrogen) atoms. The van der Waals surface area contributed by atoms with Crippen molar-refractivity contribution in [2.24, 2.45) is 0 Å². The summed E-state index contributed by atoms with van der Waals surface area (Å²) < 4.78 is 44.3. The Balaban J connectivity index is 1.73. The Morgan fingerprint density at radius 3 is 2.58 bits per heavy atom. The summed E-state index contributed by atoms with van der Waals surface area (Å²) in [7, 11) is 0. The Bertz CT molecular complexity index is 682. The third-order valence-corrected chi connectivity index (χ3v) is 4.82. The Morgan fingerprint density at radius 1 is 1.19 bits per heavy atom. The predicted octanol–water partition coefficient (Wildman–Crippen LogP) is 4.47. The van der Waals surface area contributed by atoms with Crippen molar-refractivity contribution in [1.82, 2.24) is 4.90 Å². The topological polar surface area (TPSA) is 32.8 Å². The van der Waals surface area contributed by atoms with E-state index in [1.807, 2.05) is 20.8 Å². The molecule has 0 spiro atoms. The summed E-state index contributed by atoms with van der Waals surface area (Å²) in [5.41, 5.74) is 0.461. The van der Waals surface area contributed by atoms with Gasteiger partial charge in [-0.1, -0.05) is 0 Å². The minimum absolute atomic E-state index is 0.110. The van der Waals surface area contributed by atoms with Gasteiger partial charge in [-0.05, 0) is 63.8 Å². The van der Waals surface area contributed by atoms with Gasteiger partial charge >= 0.3 is 12.3 Å². The van der Waals surface area contributed by atoms with Crippen molar-refractivity contribution in [2.75, 3.05) is 24.5 Å². The number of amides is 1. The summed E-state index contributed by atoms with van der Waals surface area (Å²) in [5.74, 6) is 0. The lowest BCUT2D eigenvalue weighted by Crippen LogP contribution is -2.42. The molecule has 1 aromatic carbocycles. The number of alkyl halides is 3. The lowest BCUT2D eigenvalue weighted by atomic mass is 9.97. The first kappa shape index (κ1) is 18.9. The van der Waals surface area contributed by atoms with E-state index in [0.717, 1.165) is 36.7 Å². The number of hydrogen-bond acceptors (Lipinski definition) is 3. The summed E-state index contributed by atoms with van der Waals surface area (Å²) in [5, 5.41) is 0. The Kier molecular flexibility index (Phi) is 4.84. The molecule has 1 saturated heterocycles. The lowest BCUT2D eigenvalue weighted by Gasteiger charge is -2.36. The predicted molar refractivity (Wildman–Crippen MR) is 93.3 cm³/mol. The minimum atomic E-state index is -4.32. The number of fused-ring (bicyclic) bond motifs is 1. The van der Waals surface area contributed by atoms with Crippen LogP contribution in [0.4, 0.5) is 23.7 Å². The van der Waals surface area contributed by atoms with E-state index in [1.165, 1.54) is 6.07 Å². The van der Waals surface area contributed by atoms with Crippen LogP contribution < -0.4 is 4.90 Å². The smallest absolute Gasteiger partial charge is 0.416 e. The maximum absolute atomic E-state index is 13.0. The number of benzene rings is 1. The van der Waals surface area contributed by atoms with Crippen molar-refractivity contribution in [2.45, 2.75) is 57.9 Å². The van der Waals surface area contributed by atoms with E-state index >= 15 is 0 Å². The average molecular weight is 370 g/mol. The number of carbonyl (C=O) groups excluding carboxylic acids is 1. The number of anilines is 1. The maximum Gasteiger partial charge on any atom is 0.416 e. The first-order chi connectivity index (χ1) is 12.0. The number of rotatable bonds is 1. The molecule has 1 unspecified atom stereocenters. The molecule has 144 valence electrons. The highest BCUT2D eigenvalue weighted by molar-refractivity contribution is 5.69. The van der Waals surface area contributed by atoms with Gasteiger partial charge < -0.3 is 14.5 Å². The van der Waals surface area contributed by atoms with E-state index < -0.39 is 17.3 Å². The number of aryl methyl sites for hydroxylation is 1.